The van der Waals surface area contributed by atoms with Gasteiger partial charge in [-0.05, 0) is 82.7 Å². The molecule has 3 rings (SSSR count). The van der Waals surface area contributed by atoms with Crippen LogP contribution in [0.4, 0.5) is 4.39 Å². The average Bonchev–Trinajstić information content (AvgIpc) is 2.77. The summed E-state index contributed by atoms with van der Waals surface area (Å²) in [6, 6.07) is 5.23. The highest BCUT2D eigenvalue weighted by Crippen LogP contribution is 2.36. The van der Waals surface area contributed by atoms with Crippen LogP contribution in [-0.2, 0) is 15.9 Å². The molecule has 26 heavy (non-hydrogen) atoms. The Morgan fingerprint density at radius 2 is 1.69 bits per heavy atom. The molecule has 1 aromatic carbocycles. The fraction of sp³-hybridized carbons (Fsp3) is 0.714. The molecule has 0 bridgehead atoms. The molecule has 2 aliphatic heterocycles. The quantitative estimate of drug-likeness (QED) is 0.736. The first-order valence-corrected chi connectivity index (χ1v) is 10.1. The van der Waals surface area contributed by atoms with E-state index in [1.54, 1.807) is 12.1 Å². The van der Waals surface area contributed by atoms with Gasteiger partial charge in [0.25, 0.3) is 0 Å². The number of nitrogens with zero attached hydrogens (tertiary/aromatic N) is 1. The zero-order chi connectivity index (χ0) is 18.9. The number of likely N-dealkylation sites (tertiary alicyclic amines) is 1. The molecule has 2 heterocycles. The minimum atomic E-state index is -0.509. The van der Waals surface area contributed by atoms with Gasteiger partial charge in [-0.1, -0.05) is 25.8 Å². The molecule has 2 fully saturated rings. The molecule has 0 unspecified atom stereocenters. The van der Waals surface area contributed by atoms with E-state index in [9.17, 15) is 4.39 Å². The van der Waals surface area contributed by atoms with E-state index in [0.717, 1.165) is 36.6 Å². The van der Waals surface area contributed by atoms with Crippen LogP contribution in [0.2, 0.25) is 0 Å². The van der Waals surface area contributed by atoms with Crippen LogP contribution in [0.3, 0.4) is 0 Å². The maximum absolute atomic E-state index is 14.3. The Kier molecular flexibility index (Phi) is 5.81. The van der Waals surface area contributed by atoms with Crippen LogP contribution < -0.4 is 5.46 Å². The Morgan fingerprint density at radius 1 is 1.08 bits per heavy atom. The Balaban J connectivity index is 1.67. The van der Waals surface area contributed by atoms with Crippen LogP contribution in [0.15, 0.2) is 18.2 Å². The van der Waals surface area contributed by atoms with Gasteiger partial charge in [-0.2, -0.15) is 0 Å². The third kappa shape index (κ3) is 4.32. The zero-order valence-corrected chi connectivity index (χ0v) is 17.0. The normalized spacial score (nSPS) is 23.5. The SMILES string of the molecule is CCCC1CCN(Cc2cc(F)cc(B3OC(C)(C)C(C)(C)O3)c2)CC1. The molecule has 0 N–H and O–H groups in total. The maximum atomic E-state index is 14.3. The van der Waals surface area contributed by atoms with Crippen molar-refractivity contribution < 1.29 is 13.7 Å². The van der Waals surface area contributed by atoms with E-state index in [1.165, 1.54) is 25.7 Å². The average molecular weight is 361 g/mol. The smallest absolute Gasteiger partial charge is 0.399 e. The lowest BCUT2D eigenvalue weighted by atomic mass is 9.78. The number of hydrogen-bond acceptors (Lipinski definition) is 3. The zero-order valence-electron chi connectivity index (χ0n) is 17.0. The predicted molar refractivity (Wildman–Crippen MR) is 105 cm³/mol. The first-order chi connectivity index (χ1) is 12.2. The number of benzene rings is 1. The van der Waals surface area contributed by atoms with Gasteiger partial charge in [-0.15, -0.1) is 0 Å². The largest absolute Gasteiger partial charge is 0.494 e. The third-order valence-electron chi connectivity index (χ3n) is 6.32. The summed E-state index contributed by atoms with van der Waals surface area (Å²) < 4.78 is 26.4. The van der Waals surface area contributed by atoms with Crippen molar-refractivity contribution in [2.24, 2.45) is 5.92 Å². The lowest BCUT2D eigenvalue weighted by Crippen LogP contribution is -2.41. The number of hydrogen-bond donors (Lipinski definition) is 0. The molecule has 5 heteroatoms. The molecular formula is C21H33BFNO2. The Morgan fingerprint density at radius 3 is 2.27 bits per heavy atom. The van der Waals surface area contributed by atoms with E-state index >= 15 is 0 Å². The van der Waals surface area contributed by atoms with Gasteiger partial charge < -0.3 is 9.31 Å². The molecule has 0 atom stereocenters. The Bertz CT molecular complexity index is 610. The number of piperidine rings is 1. The summed E-state index contributed by atoms with van der Waals surface area (Å²) in [4.78, 5) is 2.44. The van der Waals surface area contributed by atoms with Crippen molar-refractivity contribution in [2.75, 3.05) is 13.1 Å². The van der Waals surface area contributed by atoms with Gasteiger partial charge in [0.15, 0.2) is 0 Å². The number of halogens is 1. The second-order valence-corrected chi connectivity index (χ2v) is 8.99. The maximum Gasteiger partial charge on any atom is 0.494 e. The lowest BCUT2D eigenvalue weighted by molar-refractivity contribution is 0.00578. The van der Waals surface area contributed by atoms with E-state index in [4.69, 9.17) is 9.31 Å². The summed E-state index contributed by atoms with van der Waals surface area (Å²) in [5.74, 6) is 0.650. The first kappa shape index (κ1) is 19.8. The van der Waals surface area contributed by atoms with Gasteiger partial charge in [-0.25, -0.2) is 4.39 Å². The molecule has 0 saturated carbocycles. The monoisotopic (exact) mass is 361 g/mol. The second-order valence-electron chi connectivity index (χ2n) is 8.99. The van der Waals surface area contributed by atoms with Crippen LogP contribution in [0, 0.1) is 11.7 Å². The van der Waals surface area contributed by atoms with Crippen molar-refractivity contribution in [3.63, 3.8) is 0 Å². The van der Waals surface area contributed by atoms with Gasteiger partial charge in [0.1, 0.15) is 5.82 Å². The summed E-state index contributed by atoms with van der Waals surface area (Å²) in [5, 5.41) is 0. The highest BCUT2D eigenvalue weighted by atomic mass is 19.1. The molecular weight excluding hydrogens is 328 g/mol. The molecule has 0 aliphatic carbocycles. The fourth-order valence-electron chi connectivity index (χ4n) is 3.98. The molecule has 0 aromatic heterocycles. The highest BCUT2D eigenvalue weighted by molar-refractivity contribution is 6.62. The Hall–Kier alpha value is -0.905. The van der Waals surface area contributed by atoms with Crippen LogP contribution >= 0.6 is 0 Å². The van der Waals surface area contributed by atoms with Crippen molar-refractivity contribution in [3.8, 4) is 0 Å². The summed E-state index contributed by atoms with van der Waals surface area (Å²) in [5.41, 5.74) is 0.958. The van der Waals surface area contributed by atoms with E-state index in [2.05, 4.69) is 11.8 Å². The summed E-state index contributed by atoms with van der Waals surface area (Å²) in [7, 11) is -0.509. The van der Waals surface area contributed by atoms with Gasteiger partial charge in [0.05, 0.1) is 11.2 Å². The highest BCUT2D eigenvalue weighted by Gasteiger charge is 2.51. The van der Waals surface area contributed by atoms with Crippen molar-refractivity contribution in [2.45, 2.75) is 78.0 Å². The molecule has 2 saturated heterocycles. The van der Waals surface area contributed by atoms with Gasteiger partial charge in [-0.3, -0.25) is 4.90 Å². The minimum absolute atomic E-state index is 0.215. The van der Waals surface area contributed by atoms with E-state index in [0.29, 0.717) is 0 Å². The van der Waals surface area contributed by atoms with Crippen LogP contribution in [0.1, 0.15) is 65.9 Å². The summed E-state index contributed by atoms with van der Waals surface area (Å²) >= 11 is 0. The molecule has 0 spiro atoms. The van der Waals surface area contributed by atoms with Crippen LogP contribution in [0.25, 0.3) is 0 Å². The topological polar surface area (TPSA) is 21.7 Å². The summed E-state index contributed by atoms with van der Waals surface area (Å²) in [6.45, 7) is 13.3. The van der Waals surface area contributed by atoms with Crippen molar-refractivity contribution >= 4 is 12.6 Å². The van der Waals surface area contributed by atoms with Crippen molar-refractivity contribution in [3.05, 3.63) is 29.6 Å². The molecule has 1 aromatic rings. The minimum Gasteiger partial charge on any atom is -0.399 e. The van der Waals surface area contributed by atoms with Gasteiger partial charge in [0, 0.05) is 6.54 Å². The molecule has 0 amide bonds. The predicted octanol–water partition coefficient (Wildman–Crippen LogP) is 4.14. The molecule has 0 radical (unpaired) electrons. The first-order valence-electron chi connectivity index (χ1n) is 10.1. The Labute approximate surface area is 158 Å². The van der Waals surface area contributed by atoms with E-state index < -0.39 is 18.3 Å². The van der Waals surface area contributed by atoms with Gasteiger partial charge >= 0.3 is 7.12 Å². The van der Waals surface area contributed by atoms with E-state index in [1.807, 2.05) is 33.8 Å². The van der Waals surface area contributed by atoms with Crippen LogP contribution in [-0.4, -0.2) is 36.3 Å². The summed E-state index contributed by atoms with van der Waals surface area (Å²) in [6.07, 6.45) is 5.12. The standard InChI is InChI=1S/C21H33BFNO2/c1-6-7-16-8-10-24(11-9-16)15-17-12-18(14-19(23)13-17)22-25-20(2,3)21(4,5)26-22/h12-14,16H,6-11,15H2,1-5H3. The van der Waals surface area contributed by atoms with Gasteiger partial charge in [0.2, 0.25) is 0 Å². The molecule has 2 aliphatic rings. The number of rotatable bonds is 5. The van der Waals surface area contributed by atoms with Crippen LogP contribution in [0.5, 0.6) is 0 Å². The molecule has 3 nitrogen and oxygen atoms in total. The third-order valence-corrected chi connectivity index (χ3v) is 6.32. The molecule has 144 valence electrons. The van der Waals surface area contributed by atoms with Crippen molar-refractivity contribution in [1.82, 2.24) is 4.90 Å². The second kappa shape index (κ2) is 7.61. The van der Waals surface area contributed by atoms with E-state index in [-0.39, 0.29) is 5.82 Å². The van der Waals surface area contributed by atoms with Crippen molar-refractivity contribution in [1.29, 1.82) is 0 Å². The lowest BCUT2D eigenvalue weighted by Gasteiger charge is -2.32. The fourth-order valence-corrected chi connectivity index (χ4v) is 3.98.